The van der Waals surface area contributed by atoms with Crippen molar-refractivity contribution in [2.75, 3.05) is 6.26 Å². The van der Waals surface area contributed by atoms with Crippen molar-refractivity contribution in [3.8, 4) is 0 Å². The summed E-state index contributed by atoms with van der Waals surface area (Å²) in [6.45, 7) is 2.39. The van der Waals surface area contributed by atoms with Crippen LogP contribution in [0.15, 0.2) is 0 Å². The van der Waals surface area contributed by atoms with Crippen LogP contribution in [-0.4, -0.2) is 23.6 Å². The largest absolute Gasteiger partial charge is 0.311 e. The van der Waals surface area contributed by atoms with Crippen molar-refractivity contribution in [2.45, 2.75) is 75.6 Å². The Hall–Kier alpha value is 0.310. The Bertz CT molecular complexity index is 201. The Balaban J connectivity index is 1.64. The number of rotatable bonds is 5. The minimum absolute atomic E-state index is 0.744. The lowest BCUT2D eigenvalue weighted by Gasteiger charge is -2.22. The van der Waals surface area contributed by atoms with Crippen LogP contribution in [0.3, 0.4) is 0 Å². The second kappa shape index (κ2) is 6.30. The van der Waals surface area contributed by atoms with Crippen molar-refractivity contribution in [1.82, 2.24) is 5.32 Å². The zero-order chi connectivity index (χ0) is 11.4. The molecule has 2 fully saturated rings. The Kier molecular flexibility index (Phi) is 5.02. The van der Waals surface area contributed by atoms with Gasteiger partial charge in [0.25, 0.3) is 0 Å². The molecule has 3 atom stereocenters. The van der Waals surface area contributed by atoms with Crippen molar-refractivity contribution < 1.29 is 0 Å². The van der Waals surface area contributed by atoms with E-state index in [1.165, 1.54) is 51.4 Å². The van der Waals surface area contributed by atoms with Crippen molar-refractivity contribution in [2.24, 2.45) is 5.92 Å². The molecule has 0 amide bonds. The minimum atomic E-state index is 0.744. The highest BCUT2D eigenvalue weighted by molar-refractivity contribution is 7.99. The summed E-state index contributed by atoms with van der Waals surface area (Å²) in [6.07, 6.45) is 13.8. The minimum Gasteiger partial charge on any atom is -0.311 e. The fourth-order valence-corrected chi connectivity index (χ4v) is 4.32. The lowest BCUT2D eigenvalue weighted by atomic mass is 9.99. The molecule has 0 spiro atoms. The first-order chi connectivity index (χ1) is 7.78. The van der Waals surface area contributed by atoms with E-state index in [-0.39, 0.29) is 0 Å². The highest BCUT2D eigenvalue weighted by Gasteiger charge is 2.26. The predicted octanol–water partition coefficient (Wildman–Crippen LogP) is 3.83. The summed E-state index contributed by atoms with van der Waals surface area (Å²) in [6, 6.07) is 1.56. The van der Waals surface area contributed by atoms with E-state index in [1.54, 1.807) is 0 Å². The van der Waals surface area contributed by atoms with Gasteiger partial charge in [0, 0.05) is 17.3 Å². The monoisotopic (exact) mass is 241 g/mol. The average Bonchev–Trinajstić information content (AvgIpc) is 2.89. The molecule has 2 rings (SSSR count). The van der Waals surface area contributed by atoms with Gasteiger partial charge in [-0.3, -0.25) is 0 Å². The van der Waals surface area contributed by atoms with Crippen LogP contribution >= 0.6 is 11.8 Å². The quantitative estimate of drug-likeness (QED) is 0.785. The standard InChI is InChI=1S/C14H27NS/c1-11(9-12-5-3-4-6-12)15-13-7-8-14(10-13)16-2/h11-15H,3-10H2,1-2H3. The smallest absolute Gasteiger partial charge is 0.00804 e. The SMILES string of the molecule is CSC1CCC(NC(C)CC2CCCC2)C1. The molecule has 3 unspecified atom stereocenters. The molecule has 0 aliphatic heterocycles. The summed E-state index contributed by atoms with van der Waals surface area (Å²) in [4.78, 5) is 0. The Morgan fingerprint density at radius 2 is 1.94 bits per heavy atom. The average molecular weight is 241 g/mol. The Morgan fingerprint density at radius 3 is 2.56 bits per heavy atom. The summed E-state index contributed by atoms with van der Waals surface area (Å²) < 4.78 is 0. The first kappa shape index (κ1) is 12.8. The summed E-state index contributed by atoms with van der Waals surface area (Å²) >= 11 is 2.06. The molecule has 2 aliphatic rings. The number of nitrogens with one attached hydrogen (secondary N) is 1. The fourth-order valence-electron chi connectivity index (χ4n) is 3.52. The molecule has 2 saturated carbocycles. The van der Waals surface area contributed by atoms with Gasteiger partial charge in [0.15, 0.2) is 0 Å². The number of hydrogen-bond donors (Lipinski definition) is 1. The molecule has 0 bridgehead atoms. The van der Waals surface area contributed by atoms with Crippen molar-refractivity contribution in [3.05, 3.63) is 0 Å². The first-order valence-electron chi connectivity index (χ1n) is 7.06. The van der Waals surface area contributed by atoms with Gasteiger partial charge in [-0.1, -0.05) is 25.7 Å². The van der Waals surface area contributed by atoms with E-state index in [0.29, 0.717) is 0 Å². The third-order valence-corrected chi connectivity index (χ3v) is 5.49. The molecule has 1 nitrogen and oxygen atoms in total. The number of hydrogen-bond acceptors (Lipinski definition) is 2. The third kappa shape index (κ3) is 3.66. The van der Waals surface area contributed by atoms with E-state index >= 15 is 0 Å². The van der Waals surface area contributed by atoms with Crippen LogP contribution < -0.4 is 5.32 Å². The van der Waals surface area contributed by atoms with E-state index < -0.39 is 0 Å². The van der Waals surface area contributed by atoms with E-state index in [1.807, 2.05) is 0 Å². The second-order valence-corrected chi connectivity index (χ2v) is 6.96. The van der Waals surface area contributed by atoms with Gasteiger partial charge in [0.2, 0.25) is 0 Å². The van der Waals surface area contributed by atoms with Gasteiger partial charge in [0.1, 0.15) is 0 Å². The maximum Gasteiger partial charge on any atom is 0.00804 e. The van der Waals surface area contributed by atoms with Gasteiger partial charge < -0.3 is 5.32 Å². The van der Waals surface area contributed by atoms with E-state index in [2.05, 4.69) is 30.3 Å². The molecule has 2 aliphatic carbocycles. The molecule has 1 N–H and O–H groups in total. The van der Waals surface area contributed by atoms with Crippen LogP contribution in [0.2, 0.25) is 0 Å². The fraction of sp³-hybridized carbons (Fsp3) is 1.00. The molecule has 16 heavy (non-hydrogen) atoms. The molecule has 0 aromatic carbocycles. The van der Waals surface area contributed by atoms with Gasteiger partial charge in [-0.15, -0.1) is 0 Å². The van der Waals surface area contributed by atoms with Crippen LogP contribution in [-0.2, 0) is 0 Å². The predicted molar refractivity (Wildman–Crippen MR) is 74.1 cm³/mol. The molecular weight excluding hydrogens is 214 g/mol. The Labute approximate surface area is 105 Å². The van der Waals surface area contributed by atoms with Gasteiger partial charge in [-0.05, 0) is 44.8 Å². The highest BCUT2D eigenvalue weighted by atomic mass is 32.2. The lowest BCUT2D eigenvalue weighted by Crippen LogP contribution is -2.36. The summed E-state index contributed by atoms with van der Waals surface area (Å²) in [5.41, 5.74) is 0. The molecule has 0 heterocycles. The zero-order valence-corrected chi connectivity index (χ0v) is 11.7. The normalized spacial score (nSPS) is 33.4. The van der Waals surface area contributed by atoms with Gasteiger partial charge >= 0.3 is 0 Å². The summed E-state index contributed by atoms with van der Waals surface area (Å²) in [7, 11) is 0. The van der Waals surface area contributed by atoms with Crippen molar-refractivity contribution in [3.63, 3.8) is 0 Å². The Morgan fingerprint density at radius 1 is 1.19 bits per heavy atom. The molecular formula is C14H27NS. The molecule has 0 aromatic rings. The van der Waals surface area contributed by atoms with Crippen LogP contribution in [0.5, 0.6) is 0 Å². The topological polar surface area (TPSA) is 12.0 Å². The van der Waals surface area contributed by atoms with E-state index in [4.69, 9.17) is 0 Å². The van der Waals surface area contributed by atoms with Crippen LogP contribution in [0, 0.1) is 5.92 Å². The maximum absolute atomic E-state index is 3.86. The third-order valence-electron chi connectivity index (χ3n) is 4.40. The van der Waals surface area contributed by atoms with E-state index in [0.717, 1.165) is 23.3 Å². The summed E-state index contributed by atoms with van der Waals surface area (Å²) in [5.74, 6) is 1.03. The number of thioether (sulfide) groups is 1. The molecule has 94 valence electrons. The van der Waals surface area contributed by atoms with Crippen LogP contribution in [0.25, 0.3) is 0 Å². The van der Waals surface area contributed by atoms with Crippen LogP contribution in [0.4, 0.5) is 0 Å². The van der Waals surface area contributed by atoms with Gasteiger partial charge in [-0.2, -0.15) is 11.8 Å². The van der Waals surface area contributed by atoms with Crippen molar-refractivity contribution in [1.29, 1.82) is 0 Å². The molecule has 2 heteroatoms. The molecule has 0 aromatic heterocycles. The van der Waals surface area contributed by atoms with Gasteiger partial charge in [0.05, 0.1) is 0 Å². The highest BCUT2D eigenvalue weighted by Crippen LogP contribution is 2.31. The molecule has 0 radical (unpaired) electrons. The second-order valence-electron chi connectivity index (χ2n) is 5.82. The van der Waals surface area contributed by atoms with Gasteiger partial charge in [-0.25, -0.2) is 0 Å². The summed E-state index contributed by atoms with van der Waals surface area (Å²) in [5, 5.41) is 4.78. The van der Waals surface area contributed by atoms with Crippen molar-refractivity contribution >= 4 is 11.8 Å². The molecule has 0 saturated heterocycles. The van der Waals surface area contributed by atoms with Crippen LogP contribution in [0.1, 0.15) is 58.3 Å². The zero-order valence-electron chi connectivity index (χ0n) is 10.9. The first-order valence-corrected chi connectivity index (χ1v) is 8.35. The lowest BCUT2D eigenvalue weighted by molar-refractivity contribution is 0.369. The van der Waals surface area contributed by atoms with E-state index in [9.17, 15) is 0 Å². The maximum atomic E-state index is 3.86.